The number of nitrogens with zero attached hydrogens (tertiary/aromatic N) is 4. The molecule has 1 unspecified atom stereocenters. The molecule has 0 saturated carbocycles. The van der Waals surface area contributed by atoms with Crippen LogP contribution in [0.1, 0.15) is 30.7 Å². The van der Waals surface area contributed by atoms with Crippen LogP contribution in [0.4, 0.5) is 0 Å². The molecule has 1 amide bonds. The van der Waals surface area contributed by atoms with Gasteiger partial charge in [-0.1, -0.05) is 17.3 Å². The molecule has 3 heterocycles. The molecule has 1 aliphatic heterocycles. The molecule has 162 valence electrons. The van der Waals surface area contributed by atoms with Gasteiger partial charge in [0.15, 0.2) is 0 Å². The second kappa shape index (κ2) is 10.2. The number of rotatable bonds is 8. The molecule has 1 fully saturated rings. The first-order valence-corrected chi connectivity index (χ1v) is 10.5. The summed E-state index contributed by atoms with van der Waals surface area (Å²) < 4.78 is 16.4. The second-order valence-electron chi connectivity index (χ2n) is 7.51. The summed E-state index contributed by atoms with van der Waals surface area (Å²) in [7, 11) is 1.64. The standard InChI is InChI=1S/C23H26N4O4/c1-29-19-7-4-17(5-8-19)6-9-22(28)27-14-2-3-20(15-27)30-16-21-25-23(26-31-21)18-10-12-24-13-11-18/h4-5,7-8,10-13,20H,2-3,6,9,14-16H2,1H3. The van der Waals surface area contributed by atoms with E-state index in [-0.39, 0.29) is 18.6 Å². The van der Waals surface area contributed by atoms with Gasteiger partial charge in [0.05, 0.1) is 13.2 Å². The van der Waals surface area contributed by atoms with E-state index in [1.165, 1.54) is 0 Å². The number of carbonyl (C=O) groups excluding carboxylic acids is 1. The van der Waals surface area contributed by atoms with Crippen LogP contribution in [-0.2, 0) is 22.6 Å². The summed E-state index contributed by atoms with van der Waals surface area (Å²) in [5, 5.41) is 3.99. The number of hydrogen-bond acceptors (Lipinski definition) is 7. The fourth-order valence-electron chi connectivity index (χ4n) is 3.62. The number of pyridine rings is 1. The van der Waals surface area contributed by atoms with E-state index in [4.69, 9.17) is 14.0 Å². The van der Waals surface area contributed by atoms with Gasteiger partial charge in [-0.3, -0.25) is 9.78 Å². The molecule has 0 N–H and O–H groups in total. The Hall–Kier alpha value is -3.26. The average molecular weight is 422 g/mol. The molecule has 0 spiro atoms. The first kappa shape index (κ1) is 21.0. The minimum atomic E-state index is -0.0324. The van der Waals surface area contributed by atoms with Crippen molar-refractivity contribution >= 4 is 5.91 Å². The van der Waals surface area contributed by atoms with Crippen LogP contribution in [0.5, 0.6) is 5.75 Å². The Balaban J connectivity index is 1.24. The summed E-state index contributed by atoms with van der Waals surface area (Å²) >= 11 is 0. The lowest BCUT2D eigenvalue weighted by atomic mass is 10.1. The van der Waals surface area contributed by atoms with Crippen LogP contribution in [0.15, 0.2) is 53.3 Å². The molecule has 0 radical (unpaired) electrons. The zero-order valence-corrected chi connectivity index (χ0v) is 17.6. The summed E-state index contributed by atoms with van der Waals surface area (Å²) in [6, 6.07) is 11.5. The third-order valence-corrected chi connectivity index (χ3v) is 5.37. The van der Waals surface area contributed by atoms with Crippen LogP contribution in [0.25, 0.3) is 11.4 Å². The zero-order chi connectivity index (χ0) is 21.5. The molecule has 1 saturated heterocycles. The molecule has 8 heteroatoms. The number of carbonyl (C=O) groups is 1. The lowest BCUT2D eigenvalue weighted by molar-refractivity contribution is -0.135. The van der Waals surface area contributed by atoms with Crippen molar-refractivity contribution in [2.45, 2.75) is 38.4 Å². The number of ether oxygens (including phenoxy) is 2. The van der Waals surface area contributed by atoms with Gasteiger partial charge in [0.1, 0.15) is 12.4 Å². The first-order chi connectivity index (χ1) is 15.2. The van der Waals surface area contributed by atoms with E-state index in [1.54, 1.807) is 19.5 Å². The van der Waals surface area contributed by atoms with E-state index in [1.807, 2.05) is 41.3 Å². The summed E-state index contributed by atoms with van der Waals surface area (Å²) in [5.41, 5.74) is 1.97. The van der Waals surface area contributed by atoms with E-state index < -0.39 is 0 Å². The van der Waals surface area contributed by atoms with Gasteiger partial charge < -0.3 is 18.9 Å². The van der Waals surface area contributed by atoms with Crippen LogP contribution < -0.4 is 4.74 Å². The molecular formula is C23H26N4O4. The van der Waals surface area contributed by atoms with Crippen molar-refractivity contribution in [2.24, 2.45) is 0 Å². The lowest BCUT2D eigenvalue weighted by Gasteiger charge is -2.32. The molecule has 3 aromatic rings. The molecule has 1 aromatic carbocycles. The van der Waals surface area contributed by atoms with Crippen LogP contribution in [0, 0.1) is 0 Å². The molecule has 31 heavy (non-hydrogen) atoms. The van der Waals surface area contributed by atoms with Crippen LogP contribution in [0.3, 0.4) is 0 Å². The molecule has 1 aliphatic rings. The fraction of sp³-hybridized carbons (Fsp3) is 0.391. The molecule has 1 atom stereocenters. The van der Waals surface area contributed by atoms with Gasteiger partial charge in [0.25, 0.3) is 5.89 Å². The molecule has 0 aliphatic carbocycles. The number of methoxy groups -OCH3 is 1. The Labute approximate surface area is 181 Å². The lowest BCUT2D eigenvalue weighted by Crippen LogP contribution is -2.43. The van der Waals surface area contributed by atoms with Crippen molar-refractivity contribution < 1.29 is 18.8 Å². The Morgan fingerprint density at radius 2 is 2.00 bits per heavy atom. The number of piperidine rings is 1. The summed E-state index contributed by atoms with van der Waals surface area (Å²) in [6.45, 7) is 1.59. The number of likely N-dealkylation sites (tertiary alicyclic amines) is 1. The van der Waals surface area contributed by atoms with E-state index in [0.717, 1.165) is 36.3 Å². The molecule has 4 rings (SSSR count). The van der Waals surface area contributed by atoms with Crippen molar-refractivity contribution in [2.75, 3.05) is 20.2 Å². The highest BCUT2D eigenvalue weighted by Gasteiger charge is 2.24. The van der Waals surface area contributed by atoms with E-state index >= 15 is 0 Å². The second-order valence-corrected chi connectivity index (χ2v) is 7.51. The van der Waals surface area contributed by atoms with Crippen LogP contribution in [-0.4, -0.2) is 52.2 Å². The maximum absolute atomic E-state index is 12.7. The quantitative estimate of drug-likeness (QED) is 0.550. The first-order valence-electron chi connectivity index (χ1n) is 10.5. The third kappa shape index (κ3) is 5.67. The highest BCUT2D eigenvalue weighted by atomic mass is 16.5. The smallest absolute Gasteiger partial charge is 0.252 e. The topological polar surface area (TPSA) is 90.6 Å². The summed E-state index contributed by atoms with van der Waals surface area (Å²) in [5.74, 6) is 1.91. The van der Waals surface area contributed by atoms with Gasteiger partial charge in [-0.15, -0.1) is 0 Å². The largest absolute Gasteiger partial charge is 0.497 e. The van der Waals surface area contributed by atoms with Gasteiger partial charge in [-0.25, -0.2) is 0 Å². The predicted octanol–water partition coefficient (Wildman–Crippen LogP) is 3.28. The van der Waals surface area contributed by atoms with Crippen molar-refractivity contribution in [3.63, 3.8) is 0 Å². The highest BCUT2D eigenvalue weighted by Crippen LogP contribution is 2.19. The highest BCUT2D eigenvalue weighted by molar-refractivity contribution is 5.76. The number of benzene rings is 1. The van der Waals surface area contributed by atoms with Gasteiger partial charge in [0.2, 0.25) is 11.7 Å². The Morgan fingerprint density at radius 1 is 1.19 bits per heavy atom. The average Bonchev–Trinajstić information content (AvgIpc) is 3.31. The van der Waals surface area contributed by atoms with Crippen molar-refractivity contribution in [1.29, 1.82) is 0 Å². The Bertz CT molecular complexity index is 975. The van der Waals surface area contributed by atoms with E-state index in [9.17, 15) is 4.79 Å². The van der Waals surface area contributed by atoms with Crippen molar-refractivity contribution in [3.8, 4) is 17.1 Å². The minimum absolute atomic E-state index is 0.0324. The van der Waals surface area contributed by atoms with Crippen molar-refractivity contribution in [1.82, 2.24) is 20.0 Å². The van der Waals surface area contributed by atoms with E-state index in [0.29, 0.717) is 31.1 Å². The molecule has 0 bridgehead atoms. The third-order valence-electron chi connectivity index (χ3n) is 5.37. The maximum Gasteiger partial charge on any atom is 0.252 e. The molecule has 2 aromatic heterocycles. The molecular weight excluding hydrogens is 396 g/mol. The fourth-order valence-corrected chi connectivity index (χ4v) is 3.62. The van der Waals surface area contributed by atoms with Crippen LogP contribution in [0.2, 0.25) is 0 Å². The van der Waals surface area contributed by atoms with Crippen LogP contribution >= 0.6 is 0 Å². The number of amides is 1. The minimum Gasteiger partial charge on any atom is -0.497 e. The number of aromatic nitrogens is 3. The Morgan fingerprint density at radius 3 is 2.77 bits per heavy atom. The summed E-state index contributed by atoms with van der Waals surface area (Å²) in [6.07, 6.45) is 6.37. The number of hydrogen-bond donors (Lipinski definition) is 0. The SMILES string of the molecule is COc1ccc(CCC(=O)N2CCCC(OCc3nc(-c4ccncc4)no3)C2)cc1. The zero-order valence-electron chi connectivity index (χ0n) is 17.6. The predicted molar refractivity (Wildman–Crippen MR) is 113 cm³/mol. The van der Waals surface area contributed by atoms with Gasteiger partial charge in [-0.05, 0) is 49.1 Å². The Kier molecular flexibility index (Phi) is 6.89. The summed E-state index contributed by atoms with van der Waals surface area (Å²) in [4.78, 5) is 22.9. The molecule has 8 nitrogen and oxygen atoms in total. The van der Waals surface area contributed by atoms with E-state index in [2.05, 4.69) is 15.1 Å². The van der Waals surface area contributed by atoms with Gasteiger partial charge in [-0.2, -0.15) is 4.98 Å². The maximum atomic E-state index is 12.7. The van der Waals surface area contributed by atoms with Gasteiger partial charge >= 0.3 is 0 Å². The van der Waals surface area contributed by atoms with Gasteiger partial charge in [0, 0.05) is 37.5 Å². The number of aryl methyl sites for hydroxylation is 1. The van der Waals surface area contributed by atoms with Crippen molar-refractivity contribution in [3.05, 3.63) is 60.2 Å². The monoisotopic (exact) mass is 422 g/mol. The normalized spacial score (nSPS) is 16.3.